The van der Waals surface area contributed by atoms with Crippen LogP contribution in [0.25, 0.3) is 33.5 Å². The van der Waals surface area contributed by atoms with Crippen molar-refractivity contribution < 1.29 is 4.79 Å². The highest BCUT2D eigenvalue weighted by molar-refractivity contribution is 5.96. The minimum Gasteiger partial charge on any atom is -0.311 e. The second kappa shape index (κ2) is 7.46. The normalized spacial score (nSPS) is 17.4. The number of rotatable bonds is 6. The van der Waals surface area contributed by atoms with Crippen molar-refractivity contribution in [2.75, 3.05) is 4.90 Å². The predicted octanol–water partition coefficient (Wildman–Crippen LogP) is 4.53. The van der Waals surface area contributed by atoms with Gasteiger partial charge in [-0.2, -0.15) is 10.2 Å². The summed E-state index contributed by atoms with van der Waals surface area (Å²) in [6.45, 7) is 0. The molecule has 1 aliphatic carbocycles. The molecular weight excluding hydrogens is 400 g/mol. The third kappa shape index (κ3) is 3.15. The maximum Gasteiger partial charge on any atom is 0.214 e. The summed E-state index contributed by atoms with van der Waals surface area (Å²) in [5.74, 6) is 1.01. The summed E-state index contributed by atoms with van der Waals surface area (Å²) in [6, 6.07) is 24.5. The van der Waals surface area contributed by atoms with E-state index in [9.17, 15) is 4.79 Å². The molecule has 5 aromatic rings. The molecule has 1 aliphatic rings. The Labute approximate surface area is 184 Å². The molecule has 2 N–H and O–H groups in total. The smallest absolute Gasteiger partial charge is 0.214 e. The van der Waals surface area contributed by atoms with Crippen LogP contribution >= 0.6 is 0 Å². The fourth-order valence-corrected chi connectivity index (χ4v) is 4.41. The molecule has 0 bridgehead atoms. The lowest BCUT2D eigenvalue weighted by molar-refractivity contribution is -0.107. The van der Waals surface area contributed by atoms with Crippen LogP contribution in [0.3, 0.4) is 0 Å². The molecule has 1 saturated carbocycles. The van der Waals surface area contributed by atoms with E-state index >= 15 is 0 Å². The Balaban J connectivity index is 1.34. The number of hydrogen-bond donors (Lipinski definition) is 2. The molecule has 2 atom stereocenters. The second-order valence-corrected chi connectivity index (χ2v) is 8.04. The van der Waals surface area contributed by atoms with Gasteiger partial charge in [0.1, 0.15) is 6.33 Å². The van der Waals surface area contributed by atoms with Gasteiger partial charge in [0.2, 0.25) is 6.41 Å². The monoisotopic (exact) mass is 420 g/mol. The maximum absolute atomic E-state index is 12.0. The molecule has 1 amide bonds. The van der Waals surface area contributed by atoms with Crippen molar-refractivity contribution in [3.8, 4) is 22.6 Å². The lowest BCUT2D eigenvalue weighted by atomic mass is 10.0. The van der Waals surface area contributed by atoms with Gasteiger partial charge in [-0.25, -0.2) is 4.98 Å². The number of H-pyrrole nitrogens is 2. The number of aromatic nitrogens is 5. The lowest BCUT2D eigenvalue weighted by Crippen LogP contribution is -2.24. The van der Waals surface area contributed by atoms with Crippen molar-refractivity contribution in [1.29, 1.82) is 0 Å². The number of benzene rings is 3. The van der Waals surface area contributed by atoms with Crippen LogP contribution in [0, 0.1) is 0 Å². The van der Waals surface area contributed by atoms with Gasteiger partial charge in [0.15, 0.2) is 5.82 Å². The minimum atomic E-state index is 0.179. The van der Waals surface area contributed by atoms with Gasteiger partial charge in [-0.15, -0.1) is 0 Å². The molecule has 0 unspecified atom stereocenters. The lowest BCUT2D eigenvalue weighted by Gasteiger charge is -2.18. The van der Waals surface area contributed by atoms with Crippen LogP contribution in [0.4, 0.5) is 5.69 Å². The van der Waals surface area contributed by atoms with Crippen molar-refractivity contribution in [2.24, 2.45) is 0 Å². The zero-order valence-electron chi connectivity index (χ0n) is 17.1. The number of carbonyl (C=O) groups is 1. The van der Waals surface area contributed by atoms with Crippen molar-refractivity contribution in [1.82, 2.24) is 25.4 Å². The number of fused-ring (bicyclic) bond motifs is 1. The van der Waals surface area contributed by atoms with Crippen LogP contribution in [0.2, 0.25) is 0 Å². The molecular formula is C25H20N6O. The molecule has 156 valence electrons. The number of anilines is 1. The summed E-state index contributed by atoms with van der Waals surface area (Å²) < 4.78 is 0. The van der Waals surface area contributed by atoms with Crippen molar-refractivity contribution in [3.05, 3.63) is 84.7 Å². The van der Waals surface area contributed by atoms with E-state index in [1.165, 1.54) is 5.56 Å². The molecule has 6 rings (SSSR count). The number of hydrogen-bond acceptors (Lipinski definition) is 4. The Hall–Kier alpha value is -4.26. The van der Waals surface area contributed by atoms with Crippen LogP contribution in [0.5, 0.6) is 0 Å². The van der Waals surface area contributed by atoms with E-state index in [0.717, 1.165) is 46.2 Å². The topological polar surface area (TPSA) is 90.6 Å². The highest BCUT2D eigenvalue weighted by atomic mass is 16.1. The summed E-state index contributed by atoms with van der Waals surface area (Å²) in [5.41, 5.74) is 5.78. The molecule has 7 heteroatoms. The number of aromatic amines is 2. The largest absolute Gasteiger partial charge is 0.311 e. The molecule has 3 aromatic carbocycles. The van der Waals surface area contributed by atoms with E-state index in [-0.39, 0.29) is 6.04 Å². The Morgan fingerprint density at radius 1 is 0.938 bits per heavy atom. The van der Waals surface area contributed by atoms with E-state index in [1.54, 1.807) is 6.33 Å². The van der Waals surface area contributed by atoms with Crippen molar-refractivity contribution in [2.45, 2.75) is 18.4 Å². The van der Waals surface area contributed by atoms with Gasteiger partial charge in [-0.3, -0.25) is 15.0 Å². The molecule has 2 heterocycles. The first-order valence-electron chi connectivity index (χ1n) is 10.5. The Morgan fingerprint density at radius 2 is 1.84 bits per heavy atom. The Kier molecular flexibility index (Phi) is 4.31. The number of nitrogens with one attached hydrogen (secondary N) is 2. The van der Waals surface area contributed by atoms with Crippen LogP contribution in [-0.2, 0) is 4.79 Å². The molecule has 0 aliphatic heterocycles. The van der Waals surface area contributed by atoms with E-state index in [2.05, 4.69) is 37.5 Å². The zero-order chi connectivity index (χ0) is 21.5. The molecule has 2 aromatic heterocycles. The zero-order valence-corrected chi connectivity index (χ0v) is 17.1. The summed E-state index contributed by atoms with van der Waals surface area (Å²) in [7, 11) is 0. The minimum absolute atomic E-state index is 0.179. The SMILES string of the molecule is O=CN(c1cccc(-c2n[nH]c3ccc(-c4nc[nH]n4)cc23)c1)[C@@H]1C[C@@H]1c1ccccc1. The summed E-state index contributed by atoms with van der Waals surface area (Å²) >= 11 is 0. The van der Waals surface area contributed by atoms with Gasteiger partial charge in [-0.05, 0) is 42.3 Å². The fraction of sp³-hybridized carbons (Fsp3) is 0.120. The standard InChI is InChI=1S/C25H20N6O/c32-15-31(23-13-20(23)16-5-2-1-3-6-16)19-8-4-7-17(11-19)24-21-12-18(25-26-14-27-30-25)9-10-22(21)28-29-24/h1-12,14-15,20,23H,13H2,(H,28,29)(H,26,27,30)/t20-,23-/m1/s1. The average Bonchev–Trinajstić information content (AvgIpc) is 3.23. The van der Waals surface area contributed by atoms with Crippen LogP contribution in [0.15, 0.2) is 79.1 Å². The second-order valence-electron chi connectivity index (χ2n) is 8.04. The third-order valence-electron chi connectivity index (χ3n) is 6.11. The molecule has 0 spiro atoms. The quantitative estimate of drug-likeness (QED) is 0.395. The molecule has 32 heavy (non-hydrogen) atoms. The molecule has 1 fully saturated rings. The first-order chi connectivity index (χ1) is 15.8. The number of nitrogens with zero attached hydrogens (tertiary/aromatic N) is 4. The Morgan fingerprint density at radius 3 is 2.66 bits per heavy atom. The van der Waals surface area contributed by atoms with E-state index in [4.69, 9.17) is 0 Å². The molecule has 0 saturated heterocycles. The van der Waals surface area contributed by atoms with E-state index in [0.29, 0.717) is 11.7 Å². The van der Waals surface area contributed by atoms with Crippen LogP contribution in [0.1, 0.15) is 17.9 Å². The van der Waals surface area contributed by atoms with Crippen LogP contribution in [-0.4, -0.2) is 37.8 Å². The van der Waals surface area contributed by atoms with Crippen molar-refractivity contribution in [3.63, 3.8) is 0 Å². The Bertz CT molecular complexity index is 1390. The van der Waals surface area contributed by atoms with Gasteiger partial charge >= 0.3 is 0 Å². The molecule has 0 radical (unpaired) electrons. The highest BCUT2D eigenvalue weighted by Gasteiger charge is 2.43. The highest BCUT2D eigenvalue weighted by Crippen LogP contribution is 2.46. The van der Waals surface area contributed by atoms with Gasteiger partial charge in [0.05, 0.1) is 11.2 Å². The molecule has 7 nitrogen and oxygen atoms in total. The third-order valence-corrected chi connectivity index (χ3v) is 6.11. The van der Waals surface area contributed by atoms with E-state index < -0.39 is 0 Å². The van der Waals surface area contributed by atoms with E-state index in [1.807, 2.05) is 65.6 Å². The predicted molar refractivity (Wildman–Crippen MR) is 123 cm³/mol. The van der Waals surface area contributed by atoms with Gasteiger partial charge in [0.25, 0.3) is 0 Å². The summed E-state index contributed by atoms with van der Waals surface area (Å²) in [5, 5.41) is 15.6. The number of carbonyl (C=O) groups excluding carboxylic acids is 1. The van der Waals surface area contributed by atoms with Gasteiger partial charge in [-0.1, -0.05) is 42.5 Å². The van der Waals surface area contributed by atoms with Gasteiger partial charge < -0.3 is 4.90 Å². The fourth-order valence-electron chi connectivity index (χ4n) is 4.41. The van der Waals surface area contributed by atoms with Crippen molar-refractivity contribution >= 4 is 23.0 Å². The first kappa shape index (κ1) is 18.5. The summed E-state index contributed by atoms with van der Waals surface area (Å²) in [4.78, 5) is 18.1. The van der Waals surface area contributed by atoms with Gasteiger partial charge in [0, 0.05) is 34.2 Å². The maximum atomic E-state index is 12.0. The van der Waals surface area contributed by atoms with Crippen LogP contribution < -0.4 is 4.90 Å². The first-order valence-corrected chi connectivity index (χ1v) is 10.5. The average molecular weight is 420 g/mol. The number of amides is 1. The summed E-state index contributed by atoms with van der Waals surface area (Å²) in [6.07, 6.45) is 3.48.